The Labute approximate surface area is 111 Å². The third-order valence-electron chi connectivity index (χ3n) is 2.31. The number of halogens is 2. The molecule has 0 N–H and O–H groups in total. The molecule has 0 bridgehead atoms. The molecule has 84 valence electrons. The third-order valence-corrected chi connectivity index (χ3v) is 3.39. The molecule has 3 nitrogen and oxygen atoms in total. The standard InChI is InChI=1S/C11H10Br2N2O/c1-3-7-6(2)14-11(15-10(7)13)8-4-5-9(12)16-8/h4-5H,3H2,1-2H3. The van der Waals surface area contributed by atoms with E-state index in [9.17, 15) is 0 Å². The van der Waals surface area contributed by atoms with Crippen molar-refractivity contribution in [2.24, 2.45) is 0 Å². The third kappa shape index (κ3) is 2.20. The molecule has 0 unspecified atom stereocenters. The molecule has 2 rings (SSSR count). The number of hydrogen-bond acceptors (Lipinski definition) is 3. The maximum absolute atomic E-state index is 5.42. The zero-order chi connectivity index (χ0) is 11.7. The van der Waals surface area contributed by atoms with Crippen LogP contribution in [0, 0.1) is 6.92 Å². The molecule has 2 aromatic heterocycles. The van der Waals surface area contributed by atoms with E-state index in [4.69, 9.17) is 4.42 Å². The Morgan fingerprint density at radius 2 is 2.00 bits per heavy atom. The smallest absolute Gasteiger partial charge is 0.197 e. The van der Waals surface area contributed by atoms with E-state index < -0.39 is 0 Å². The summed E-state index contributed by atoms with van der Waals surface area (Å²) in [6, 6.07) is 3.67. The SMILES string of the molecule is CCc1c(C)nc(-c2ccc(Br)o2)nc1Br. The minimum absolute atomic E-state index is 0.604. The van der Waals surface area contributed by atoms with Crippen LogP contribution in [0.5, 0.6) is 0 Å². The number of aryl methyl sites for hydroxylation is 1. The van der Waals surface area contributed by atoms with Gasteiger partial charge in [0.15, 0.2) is 16.3 Å². The highest BCUT2D eigenvalue weighted by Crippen LogP contribution is 2.26. The number of aromatic nitrogens is 2. The van der Waals surface area contributed by atoms with Gasteiger partial charge in [0, 0.05) is 11.3 Å². The van der Waals surface area contributed by atoms with Gasteiger partial charge >= 0.3 is 0 Å². The Balaban J connectivity index is 2.52. The van der Waals surface area contributed by atoms with E-state index in [2.05, 4.69) is 48.8 Å². The maximum Gasteiger partial charge on any atom is 0.197 e. The van der Waals surface area contributed by atoms with Crippen LogP contribution >= 0.6 is 31.9 Å². The topological polar surface area (TPSA) is 38.9 Å². The van der Waals surface area contributed by atoms with Crippen molar-refractivity contribution in [1.82, 2.24) is 9.97 Å². The first-order valence-electron chi connectivity index (χ1n) is 4.90. The zero-order valence-electron chi connectivity index (χ0n) is 8.92. The highest BCUT2D eigenvalue weighted by atomic mass is 79.9. The highest BCUT2D eigenvalue weighted by Gasteiger charge is 2.12. The van der Waals surface area contributed by atoms with E-state index in [-0.39, 0.29) is 0 Å². The minimum atomic E-state index is 0.604. The monoisotopic (exact) mass is 344 g/mol. The van der Waals surface area contributed by atoms with Crippen molar-refractivity contribution in [3.05, 3.63) is 32.7 Å². The lowest BCUT2D eigenvalue weighted by atomic mass is 10.2. The maximum atomic E-state index is 5.42. The van der Waals surface area contributed by atoms with Crippen LogP contribution in [0.25, 0.3) is 11.6 Å². The first-order valence-corrected chi connectivity index (χ1v) is 6.49. The van der Waals surface area contributed by atoms with Crippen LogP contribution in [-0.4, -0.2) is 9.97 Å². The number of furan rings is 1. The number of rotatable bonds is 2. The summed E-state index contributed by atoms with van der Waals surface area (Å²) in [7, 11) is 0. The molecule has 0 atom stereocenters. The average Bonchev–Trinajstić information content (AvgIpc) is 2.64. The first kappa shape index (κ1) is 11.8. The average molecular weight is 346 g/mol. The van der Waals surface area contributed by atoms with E-state index in [1.165, 1.54) is 0 Å². The fourth-order valence-corrected chi connectivity index (χ4v) is 2.55. The Morgan fingerprint density at radius 3 is 2.50 bits per heavy atom. The summed E-state index contributed by atoms with van der Waals surface area (Å²) in [6.07, 6.45) is 0.911. The fraction of sp³-hybridized carbons (Fsp3) is 0.273. The van der Waals surface area contributed by atoms with Crippen molar-refractivity contribution in [3.8, 4) is 11.6 Å². The van der Waals surface area contributed by atoms with Crippen LogP contribution in [0.3, 0.4) is 0 Å². The van der Waals surface area contributed by atoms with E-state index in [0.29, 0.717) is 16.3 Å². The second kappa shape index (κ2) is 4.67. The largest absolute Gasteiger partial charge is 0.446 e. The molecule has 0 radical (unpaired) electrons. The zero-order valence-corrected chi connectivity index (χ0v) is 12.1. The molecular weight excluding hydrogens is 336 g/mol. The van der Waals surface area contributed by atoms with Gasteiger partial charge in [-0.3, -0.25) is 0 Å². The Hall–Kier alpha value is -0.680. The summed E-state index contributed by atoms with van der Waals surface area (Å²) in [5.74, 6) is 1.27. The van der Waals surface area contributed by atoms with Crippen LogP contribution in [-0.2, 0) is 6.42 Å². The van der Waals surface area contributed by atoms with Crippen molar-refractivity contribution < 1.29 is 4.42 Å². The predicted molar refractivity (Wildman–Crippen MR) is 69.2 cm³/mol. The summed E-state index contributed by atoms with van der Waals surface area (Å²) in [6.45, 7) is 4.06. The van der Waals surface area contributed by atoms with Gasteiger partial charge in [-0.25, -0.2) is 9.97 Å². The van der Waals surface area contributed by atoms with Gasteiger partial charge in [0.05, 0.1) is 0 Å². The Kier molecular flexibility index (Phi) is 3.44. The second-order valence-electron chi connectivity index (χ2n) is 3.36. The molecule has 0 aliphatic heterocycles. The molecule has 0 fully saturated rings. The van der Waals surface area contributed by atoms with Crippen LogP contribution in [0.4, 0.5) is 0 Å². The number of nitrogens with zero attached hydrogens (tertiary/aromatic N) is 2. The van der Waals surface area contributed by atoms with Gasteiger partial charge in [-0.15, -0.1) is 0 Å². The summed E-state index contributed by atoms with van der Waals surface area (Å²) in [5.41, 5.74) is 2.11. The fourth-order valence-electron chi connectivity index (χ4n) is 1.51. The molecule has 0 aliphatic rings. The molecule has 0 amide bonds. The predicted octanol–water partition coefficient (Wildman–Crippen LogP) is 4.13. The molecule has 0 aromatic carbocycles. The van der Waals surface area contributed by atoms with Crippen LogP contribution < -0.4 is 0 Å². The first-order chi connectivity index (χ1) is 7.61. The molecule has 2 aromatic rings. The van der Waals surface area contributed by atoms with Crippen molar-refractivity contribution in [2.75, 3.05) is 0 Å². The van der Waals surface area contributed by atoms with E-state index in [1.807, 2.05) is 19.1 Å². The second-order valence-corrected chi connectivity index (χ2v) is 4.89. The summed E-state index contributed by atoms with van der Waals surface area (Å²) in [5, 5.41) is 0. The molecule has 16 heavy (non-hydrogen) atoms. The number of hydrogen-bond donors (Lipinski definition) is 0. The van der Waals surface area contributed by atoms with Gasteiger partial charge < -0.3 is 4.42 Å². The quantitative estimate of drug-likeness (QED) is 0.768. The van der Waals surface area contributed by atoms with Crippen molar-refractivity contribution in [3.63, 3.8) is 0 Å². The van der Waals surface area contributed by atoms with Gasteiger partial charge in [0.2, 0.25) is 0 Å². The Morgan fingerprint density at radius 1 is 1.25 bits per heavy atom. The normalized spacial score (nSPS) is 10.8. The lowest BCUT2D eigenvalue weighted by molar-refractivity contribution is 0.550. The molecular formula is C11H10Br2N2O. The summed E-state index contributed by atoms with van der Waals surface area (Å²) < 4.78 is 6.94. The summed E-state index contributed by atoms with van der Waals surface area (Å²) >= 11 is 6.72. The van der Waals surface area contributed by atoms with Crippen LogP contribution in [0.2, 0.25) is 0 Å². The molecule has 0 saturated carbocycles. The van der Waals surface area contributed by atoms with E-state index >= 15 is 0 Å². The van der Waals surface area contributed by atoms with E-state index in [0.717, 1.165) is 22.3 Å². The lowest BCUT2D eigenvalue weighted by Gasteiger charge is -2.06. The highest BCUT2D eigenvalue weighted by molar-refractivity contribution is 9.10. The molecule has 2 heterocycles. The Bertz CT molecular complexity index is 499. The molecule has 0 saturated heterocycles. The van der Waals surface area contributed by atoms with E-state index in [1.54, 1.807) is 0 Å². The molecule has 0 aliphatic carbocycles. The lowest BCUT2D eigenvalue weighted by Crippen LogP contribution is -1.98. The van der Waals surface area contributed by atoms with Crippen molar-refractivity contribution in [2.45, 2.75) is 20.3 Å². The van der Waals surface area contributed by atoms with Gasteiger partial charge in [-0.05, 0) is 57.3 Å². The van der Waals surface area contributed by atoms with Crippen LogP contribution in [0.15, 0.2) is 25.8 Å². The van der Waals surface area contributed by atoms with Gasteiger partial charge in [0.25, 0.3) is 0 Å². The van der Waals surface area contributed by atoms with Gasteiger partial charge in [0.1, 0.15) is 4.60 Å². The molecule has 0 spiro atoms. The summed E-state index contributed by atoms with van der Waals surface area (Å²) in [4.78, 5) is 8.81. The molecule has 5 heteroatoms. The van der Waals surface area contributed by atoms with Gasteiger partial charge in [-0.1, -0.05) is 6.92 Å². The van der Waals surface area contributed by atoms with Crippen molar-refractivity contribution in [1.29, 1.82) is 0 Å². The van der Waals surface area contributed by atoms with Crippen molar-refractivity contribution >= 4 is 31.9 Å². The van der Waals surface area contributed by atoms with Gasteiger partial charge in [-0.2, -0.15) is 0 Å². The minimum Gasteiger partial charge on any atom is -0.446 e. The van der Waals surface area contributed by atoms with Crippen LogP contribution in [0.1, 0.15) is 18.2 Å².